The summed E-state index contributed by atoms with van der Waals surface area (Å²) in [7, 11) is 4.86. The molecule has 0 unspecified atom stereocenters. The van der Waals surface area contributed by atoms with E-state index in [-0.39, 0.29) is 0 Å². The second-order valence-electron chi connectivity index (χ2n) is 3.01. The van der Waals surface area contributed by atoms with E-state index in [4.69, 9.17) is 0 Å². The van der Waals surface area contributed by atoms with E-state index in [0.29, 0.717) is 0 Å². The number of rotatable bonds is 3. The molecule has 0 aliphatic rings. The summed E-state index contributed by atoms with van der Waals surface area (Å²) in [4.78, 5) is 0. The van der Waals surface area contributed by atoms with E-state index in [9.17, 15) is 0 Å². The van der Waals surface area contributed by atoms with Crippen LogP contribution in [0.4, 0.5) is 11.4 Å². The summed E-state index contributed by atoms with van der Waals surface area (Å²) < 4.78 is 0. The SMILES string of the molecule is C=C([SiH3])c1cccc(NC)c1NC. The van der Waals surface area contributed by atoms with Crippen molar-refractivity contribution in [2.75, 3.05) is 24.7 Å². The van der Waals surface area contributed by atoms with Crippen molar-refractivity contribution in [1.82, 2.24) is 0 Å². The molecule has 0 saturated carbocycles. The van der Waals surface area contributed by atoms with Crippen LogP contribution >= 0.6 is 0 Å². The molecule has 0 amide bonds. The van der Waals surface area contributed by atoms with Gasteiger partial charge in [0.1, 0.15) is 0 Å². The molecular weight excluding hydrogens is 176 g/mol. The summed E-state index contributed by atoms with van der Waals surface area (Å²) in [5, 5.41) is 7.56. The van der Waals surface area contributed by atoms with Gasteiger partial charge in [-0.3, -0.25) is 0 Å². The van der Waals surface area contributed by atoms with Crippen molar-refractivity contribution in [2.24, 2.45) is 0 Å². The van der Waals surface area contributed by atoms with Crippen LogP contribution in [0.15, 0.2) is 24.8 Å². The molecule has 0 aromatic heterocycles. The molecule has 0 radical (unpaired) electrons. The van der Waals surface area contributed by atoms with Crippen LogP contribution in [0.5, 0.6) is 0 Å². The third kappa shape index (κ3) is 1.92. The number of para-hydroxylation sites is 1. The maximum Gasteiger partial charge on any atom is 0.0645 e. The van der Waals surface area contributed by atoms with Crippen molar-refractivity contribution in [3.8, 4) is 0 Å². The summed E-state index contributed by atoms with van der Waals surface area (Å²) in [6, 6.07) is 6.20. The molecule has 0 heterocycles. The fourth-order valence-electron chi connectivity index (χ4n) is 1.39. The maximum atomic E-state index is 4.00. The number of hydrogen-bond acceptors (Lipinski definition) is 2. The van der Waals surface area contributed by atoms with Gasteiger partial charge in [0.2, 0.25) is 0 Å². The Morgan fingerprint density at radius 1 is 1.31 bits per heavy atom. The Hall–Kier alpha value is -1.22. The van der Waals surface area contributed by atoms with Crippen molar-refractivity contribution >= 4 is 26.8 Å². The maximum absolute atomic E-state index is 4.00. The molecule has 0 aliphatic heterocycles. The van der Waals surface area contributed by atoms with E-state index < -0.39 is 0 Å². The molecule has 0 fully saturated rings. The number of nitrogens with one attached hydrogen (secondary N) is 2. The van der Waals surface area contributed by atoms with Gasteiger partial charge in [-0.05, 0) is 11.6 Å². The zero-order chi connectivity index (χ0) is 9.84. The van der Waals surface area contributed by atoms with E-state index in [1.54, 1.807) is 0 Å². The van der Waals surface area contributed by atoms with Crippen molar-refractivity contribution in [3.05, 3.63) is 30.3 Å². The average molecular weight is 192 g/mol. The lowest BCUT2D eigenvalue weighted by atomic mass is 10.1. The van der Waals surface area contributed by atoms with Crippen LogP contribution < -0.4 is 10.6 Å². The van der Waals surface area contributed by atoms with Gasteiger partial charge in [-0.2, -0.15) is 0 Å². The highest BCUT2D eigenvalue weighted by Crippen LogP contribution is 2.28. The standard InChI is InChI=1S/C10H16N2Si/c1-7(13)8-5-4-6-9(11-2)10(8)12-3/h4-6,11-12H,1H2,2-3,13H3. The fraction of sp³-hybridized carbons (Fsp3) is 0.200. The van der Waals surface area contributed by atoms with Gasteiger partial charge in [0, 0.05) is 24.3 Å². The molecule has 0 saturated heterocycles. The molecule has 1 aromatic rings. The van der Waals surface area contributed by atoms with Crippen LogP contribution in [0.1, 0.15) is 5.56 Å². The van der Waals surface area contributed by atoms with Gasteiger partial charge in [-0.15, -0.1) is 6.58 Å². The Balaban J connectivity index is 3.27. The monoisotopic (exact) mass is 192 g/mol. The first-order chi connectivity index (χ1) is 6.20. The first-order valence-corrected chi connectivity index (χ1v) is 5.35. The van der Waals surface area contributed by atoms with Gasteiger partial charge >= 0.3 is 0 Å². The Kier molecular flexibility index (Phi) is 3.14. The molecule has 70 valence electrons. The Morgan fingerprint density at radius 2 is 2.00 bits per heavy atom. The third-order valence-corrected chi connectivity index (χ3v) is 2.58. The zero-order valence-electron chi connectivity index (χ0n) is 8.44. The van der Waals surface area contributed by atoms with Crippen molar-refractivity contribution in [1.29, 1.82) is 0 Å². The molecule has 0 spiro atoms. The molecule has 2 N–H and O–H groups in total. The second-order valence-corrected chi connectivity index (χ2v) is 4.22. The van der Waals surface area contributed by atoms with Crippen LogP contribution in [0.3, 0.4) is 0 Å². The van der Waals surface area contributed by atoms with E-state index in [0.717, 1.165) is 21.6 Å². The summed E-state index contributed by atoms with van der Waals surface area (Å²) in [6.07, 6.45) is 0. The Morgan fingerprint density at radius 3 is 2.46 bits per heavy atom. The van der Waals surface area contributed by atoms with Crippen molar-refractivity contribution in [3.63, 3.8) is 0 Å². The fourth-order valence-corrected chi connectivity index (χ4v) is 1.80. The first kappa shape index (κ1) is 9.86. The van der Waals surface area contributed by atoms with Crippen molar-refractivity contribution < 1.29 is 0 Å². The molecule has 0 atom stereocenters. The van der Waals surface area contributed by atoms with Crippen LogP contribution in [0.2, 0.25) is 0 Å². The molecule has 0 bridgehead atoms. The largest absolute Gasteiger partial charge is 0.386 e. The minimum absolute atomic E-state index is 0.998. The summed E-state index contributed by atoms with van der Waals surface area (Å²) in [5.41, 5.74) is 3.49. The minimum atomic E-state index is 0.998. The lowest BCUT2D eigenvalue weighted by molar-refractivity contribution is 1.44. The molecule has 2 nitrogen and oxygen atoms in total. The van der Waals surface area contributed by atoms with Gasteiger partial charge in [0.25, 0.3) is 0 Å². The van der Waals surface area contributed by atoms with E-state index in [1.807, 2.05) is 20.2 Å². The van der Waals surface area contributed by atoms with Gasteiger partial charge < -0.3 is 10.6 Å². The molecule has 0 aliphatic carbocycles. The van der Waals surface area contributed by atoms with Crippen LogP contribution in [0, 0.1) is 0 Å². The van der Waals surface area contributed by atoms with Gasteiger partial charge in [-0.1, -0.05) is 17.3 Å². The highest BCUT2D eigenvalue weighted by atomic mass is 28.1. The number of benzene rings is 1. The minimum Gasteiger partial charge on any atom is -0.386 e. The van der Waals surface area contributed by atoms with E-state index in [1.165, 1.54) is 10.8 Å². The summed E-state index contributed by atoms with van der Waals surface area (Å²) in [5.74, 6) is 0. The summed E-state index contributed by atoms with van der Waals surface area (Å²) in [6.45, 7) is 4.00. The molecule has 3 heteroatoms. The van der Waals surface area contributed by atoms with Gasteiger partial charge in [-0.25, -0.2) is 0 Å². The number of anilines is 2. The third-order valence-electron chi connectivity index (χ3n) is 2.04. The van der Waals surface area contributed by atoms with Crippen molar-refractivity contribution in [2.45, 2.75) is 0 Å². The second kappa shape index (κ2) is 4.14. The number of hydrogen-bond donors (Lipinski definition) is 2. The topological polar surface area (TPSA) is 24.1 Å². The van der Waals surface area contributed by atoms with Crippen LogP contribution in [0.25, 0.3) is 5.20 Å². The first-order valence-electron chi connectivity index (χ1n) is 4.35. The summed E-state index contributed by atoms with van der Waals surface area (Å²) >= 11 is 0. The highest BCUT2D eigenvalue weighted by molar-refractivity contribution is 6.42. The normalized spacial score (nSPS) is 9.69. The molecule has 13 heavy (non-hydrogen) atoms. The smallest absolute Gasteiger partial charge is 0.0645 e. The Bertz CT molecular complexity index is 321. The predicted molar refractivity (Wildman–Crippen MR) is 64.5 cm³/mol. The lowest BCUT2D eigenvalue weighted by Crippen LogP contribution is -2.00. The molecular formula is C10H16N2Si. The molecule has 1 rings (SSSR count). The molecule has 1 aromatic carbocycles. The highest BCUT2D eigenvalue weighted by Gasteiger charge is 2.04. The van der Waals surface area contributed by atoms with Crippen LogP contribution in [-0.2, 0) is 0 Å². The quantitative estimate of drug-likeness (QED) is 0.701. The van der Waals surface area contributed by atoms with Crippen LogP contribution in [-0.4, -0.2) is 24.3 Å². The van der Waals surface area contributed by atoms with Gasteiger partial charge in [0.15, 0.2) is 0 Å². The van der Waals surface area contributed by atoms with Gasteiger partial charge in [0.05, 0.1) is 11.4 Å². The zero-order valence-corrected chi connectivity index (χ0v) is 10.4. The van der Waals surface area contributed by atoms with E-state index >= 15 is 0 Å². The Labute approximate surface area is 82.5 Å². The average Bonchev–Trinajstić information content (AvgIpc) is 2.16. The lowest BCUT2D eigenvalue weighted by Gasteiger charge is -2.13. The predicted octanol–water partition coefficient (Wildman–Crippen LogP) is 1.11. The van der Waals surface area contributed by atoms with E-state index in [2.05, 4.69) is 29.3 Å².